The quantitative estimate of drug-likeness (QED) is 0.889. The van der Waals surface area contributed by atoms with Gasteiger partial charge >= 0.3 is 6.01 Å². The van der Waals surface area contributed by atoms with Crippen molar-refractivity contribution in [2.24, 2.45) is 0 Å². The number of piperidine rings is 1. The third-order valence-electron chi connectivity index (χ3n) is 3.70. The highest BCUT2D eigenvalue weighted by Gasteiger charge is 2.19. The molecular weight excluding hydrogens is 252 g/mol. The number of ether oxygens (including phenoxy) is 1. The summed E-state index contributed by atoms with van der Waals surface area (Å²) in [7, 11) is 2.15. The zero-order chi connectivity index (χ0) is 14.5. The Morgan fingerprint density at radius 1 is 1.40 bits per heavy atom. The van der Waals surface area contributed by atoms with Gasteiger partial charge < -0.3 is 15.0 Å². The molecule has 1 N–H and O–H groups in total. The van der Waals surface area contributed by atoms with E-state index in [9.17, 15) is 0 Å². The van der Waals surface area contributed by atoms with Gasteiger partial charge in [-0.15, -0.1) is 0 Å². The first-order valence-corrected chi connectivity index (χ1v) is 7.45. The fourth-order valence-corrected chi connectivity index (χ4v) is 2.27. The van der Waals surface area contributed by atoms with Crippen LogP contribution in [0.5, 0.6) is 6.01 Å². The summed E-state index contributed by atoms with van der Waals surface area (Å²) < 4.78 is 5.90. The highest BCUT2D eigenvalue weighted by atomic mass is 16.5. The van der Waals surface area contributed by atoms with Crippen LogP contribution in [0.15, 0.2) is 6.20 Å². The Morgan fingerprint density at radius 2 is 2.10 bits per heavy atom. The summed E-state index contributed by atoms with van der Waals surface area (Å²) in [6.07, 6.45) is 4.23. The Hall–Kier alpha value is -1.20. The number of likely N-dealkylation sites (tertiary alicyclic amines) is 1. The van der Waals surface area contributed by atoms with Crippen molar-refractivity contribution in [3.63, 3.8) is 0 Å². The van der Waals surface area contributed by atoms with Gasteiger partial charge in [0, 0.05) is 43.1 Å². The van der Waals surface area contributed by atoms with E-state index in [4.69, 9.17) is 4.74 Å². The Morgan fingerprint density at radius 3 is 2.70 bits per heavy atom. The summed E-state index contributed by atoms with van der Waals surface area (Å²) in [4.78, 5) is 11.1. The Balaban J connectivity index is 1.91. The van der Waals surface area contributed by atoms with Crippen molar-refractivity contribution in [1.29, 1.82) is 0 Å². The van der Waals surface area contributed by atoms with Gasteiger partial charge in [-0.1, -0.05) is 13.8 Å². The van der Waals surface area contributed by atoms with E-state index in [2.05, 4.69) is 41.1 Å². The lowest BCUT2D eigenvalue weighted by molar-refractivity contribution is 0.105. The third-order valence-corrected chi connectivity index (χ3v) is 3.70. The highest BCUT2D eigenvalue weighted by Crippen LogP contribution is 2.16. The van der Waals surface area contributed by atoms with Gasteiger partial charge in [-0.05, 0) is 26.8 Å². The molecule has 1 fully saturated rings. The lowest BCUT2D eigenvalue weighted by atomic mass is 10.1. The van der Waals surface area contributed by atoms with Gasteiger partial charge in [0.05, 0.1) is 0 Å². The van der Waals surface area contributed by atoms with Crippen molar-refractivity contribution < 1.29 is 4.74 Å². The molecule has 0 aromatic carbocycles. The fraction of sp³-hybridized carbons (Fsp3) is 0.733. The molecule has 0 bridgehead atoms. The summed E-state index contributed by atoms with van der Waals surface area (Å²) in [5, 5.41) is 3.38. The van der Waals surface area contributed by atoms with Crippen LogP contribution in [0.1, 0.15) is 37.9 Å². The van der Waals surface area contributed by atoms with Gasteiger partial charge in [-0.3, -0.25) is 0 Å². The lowest BCUT2D eigenvalue weighted by Crippen LogP contribution is -2.36. The van der Waals surface area contributed by atoms with Crippen molar-refractivity contribution in [3.8, 4) is 6.01 Å². The average Bonchev–Trinajstić information content (AvgIpc) is 2.40. The predicted molar refractivity (Wildman–Crippen MR) is 79.9 cm³/mol. The highest BCUT2D eigenvalue weighted by molar-refractivity contribution is 5.17. The van der Waals surface area contributed by atoms with Crippen LogP contribution in [0.3, 0.4) is 0 Å². The number of aromatic nitrogens is 2. The molecule has 5 nitrogen and oxygen atoms in total. The van der Waals surface area contributed by atoms with E-state index in [0.29, 0.717) is 12.1 Å². The molecule has 0 amide bonds. The summed E-state index contributed by atoms with van der Waals surface area (Å²) in [5.74, 6) is 0. The normalized spacial score (nSPS) is 17.6. The maximum atomic E-state index is 5.90. The number of rotatable bonds is 5. The molecule has 2 heterocycles. The van der Waals surface area contributed by atoms with Crippen molar-refractivity contribution in [3.05, 3.63) is 17.5 Å². The van der Waals surface area contributed by atoms with Gasteiger partial charge in [0.2, 0.25) is 0 Å². The van der Waals surface area contributed by atoms with Crippen LogP contribution in [0.2, 0.25) is 0 Å². The predicted octanol–water partition coefficient (Wildman–Crippen LogP) is 1.76. The van der Waals surface area contributed by atoms with Crippen molar-refractivity contribution >= 4 is 0 Å². The maximum absolute atomic E-state index is 5.90. The van der Waals surface area contributed by atoms with Crippen LogP contribution in [-0.4, -0.2) is 47.2 Å². The summed E-state index contributed by atoms with van der Waals surface area (Å²) >= 11 is 0. The first kappa shape index (κ1) is 15.2. The maximum Gasteiger partial charge on any atom is 0.316 e. The number of nitrogens with one attached hydrogen (secondary N) is 1. The first-order valence-electron chi connectivity index (χ1n) is 7.45. The SMILES string of the molecule is Cc1nc(OC2CCN(C)CC2)ncc1CNC(C)C. The molecule has 1 aliphatic rings. The van der Waals surface area contributed by atoms with Crippen LogP contribution in [-0.2, 0) is 6.54 Å². The zero-order valence-electron chi connectivity index (χ0n) is 13.0. The number of hydrogen-bond acceptors (Lipinski definition) is 5. The first-order chi connectivity index (χ1) is 9.54. The number of aryl methyl sites for hydroxylation is 1. The minimum absolute atomic E-state index is 0.255. The summed E-state index contributed by atoms with van der Waals surface area (Å²) in [5.41, 5.74) is 2.13. The van der Waals surface area contributed by atoms with Gasteiger partial charge in [-0.2, -0.15) is 0 Å². The average molecular weight is 278 g/mol. The molecular formula is C15H26N4O. The molecule has 0 unspecified atom stereocenters. The molecule has 1 aromatic rings. The second-order valence-corrected chi connectivity index (χ2v) is 5.92. The van der Waals surface area contributed by atoms with Crippen LogP contribution in [0, 0.1) is 6.92 Å². The molecule has 0 spiro atoms. The summed E-state index contributed by atoms with van der Waals surface area (Å²) in [6, 6.07) is 0.981. The smallest absolute Gasteiger partial charge is 0.316 e. The van der Waals surface area contributed by atoms with Gasteiger partial charge in [0.15, 0.2) is 0 Å². The van der Waals surface area contributed by atoms with Crippen LogP contribution in [0.4, 0.5) is 0 Å². The standard InChI is InChI=1S/C15H26N4O/c1-11(2)16-9-13-10-17-15(18-12(13)3)20-14-5-7-19(4)8-6-14/h10-11,14,16H,5-9H2,1-4H3. The van der Waals surface area contributed by atoms with Crippen molar-refractivity contribution in [1.82, 2.24) is 20.2 Å². The van der Waals surface area contributed by atoms with Crippen LogP contribution in [0.25, 0.3) is 0 Å². The topological polar surface area (TPSA) is 50.3 Å². The van der Waals surface area contributed by atoms with Gasteiger partial charge in [0.1, 0.15) is 6.10 Å². The third kappa shape index (κ3) is 4.42. The number of nitrogens with zero attached hydrogens (tertiary/aromatic N) is 3. The van der Waals surface area contributed by atoms with Crippen molar-refractivity contribution in [2.75, 3.05) is 20.1 Å². The molecule has 0 radical (unpaired) electrons. The van der Waals surface area contributed by atoms with E-state index >= 15 is 0 Å². The molecule has 0 atom stereocenters. The monoisotopic (exact) mass is 278 g/mol. The Bertz CT molecular complexity index is 428. The van der Waals surface area contributed by atoms with E-state index in [1.54, 1.807) is 0 Å². The van der Waals surface area contributed by atoms with Gasteiger partial charge in [0.25, 0.3) is 0 Å². The van der Waals surface area contributed by atoms with E-state index in [1.807, 2.05) is 13.1 Å². The van der Waals surface area contributed by atoms with E-state index in [0.717, 1.165) is 43.7 Å². The molecule has 0 aliphatic carbocycles. The van der Waals surface area contributed by atoms with Crippen molar-refractivity contribution in [2.45, 2.75) is 52.3 Å². The summed E-state index contributed by atoms with van der Waals surface area (Å²) in [6.45, 7) is 9.25. The zero-order valence-corrected chi connectivity index (χ0v) is 13.0. The van der Waals surface area contributed by atoms with Crippen LogP contribution >= 0.6 is 0 Å². The fourth-order valence-electron chi connectivity index (χ4n) is 2.27. The van der Waals surface area contributed by atoms with E-state index in [-0.39, 0.29) is 6.10 Å². The minimum Gasteiger partial charge on any atom is -0.460 e. The molecule has 112 valence electrons. The molecule has 1 aliphatic heterocycles. The van der Waals surface area contributed by atoms with E-state index in [1.165, 1.54) is 0 Å². The second-order valence-electron chi connectivity index (χ2n) is 5.92. The molecule has 2 rings (SSSR count). The molecule has 1 aromatic heterocycles. The van der Waals surface area contributed by atoms with E-state index < -0.39 is 0 Å². The second kappa shape index (κ2) is 6.99. The molecule has 20 heavy (non-hydrogen) atoms. The lowest BCUT2D eigenvalue weighted by Gasteiger charge is -2.28. The molecule has 5 heteroatoms. The van der Waals surface area contributed by atoms with Crippen LogP contribution < -0.4 is 10.1 Å². The molecule has 0 saturated carbocycles. The van der Waals surface area contributed by atoms with Gasteiger partial charge in [-0.25, -0.2) is 9.97 Å². The minimum atomic E-state index is 0.255. The Labute approximate surface area is 121 Å². The Kier molecular flexibility index (Phi) is 5.31. The molecule has 1 saturated heterocycles. The number of hydrogen-bond donors (Lipinski definition) is 1. The largest absolute Gasteiger partial charge is 0.460 e.